The van der Waals surface area contributed by atoms with E-state index in [1.165, 1.54) is 11.1 Å². The summed E-state index contributed by atoms with van der Waals surface area (Å²) in [4.78, 5) is 15.9. The molecular formula is C12H11N5S. The molecule has 0 aliphatic heterocycles. The molecule has 3 rings (SSSR count). The van der Waals surface area contributed by atoms with Crippen LogP contribution in [0, 0.1) is 18.6 Å². The maximum atomic E-state index is 5.85. The summed E-state index contributed by atoms with van der Waals surface area (Å²) in [5.74, 6) is 0.401. The molecule has 0 amide bonds. The van der Waals surface area contributed by atoms with Crippen LogP contribution < -0.4 is 5.73 Å². The predicted octanol–water partition coefficient (Wildman–Crippen LogP) is 2.43. The van der Waals surface area contributed by atoms with Gasteiger partial charge in [0.25, 0.3) is 0 Å². The summed E-state index contributed by atoms with van der Waals surface area (Å²) in [6.45, 7) is 4.08. The lowest BCUT2D eigenvalue weighted by Crippen LogP contribution is -1.99. The molecule has 0 aliphatic carbocycles. The molecule has 18 heavy (non-hydrogen) atoms. The van der Waals surface area contributed by atoms with E-state index < -0.39 is 0 Å². The van der Waals surface area contributed by atoms with E-state index in [9.17, 15) is 0 Å². The highest BCUT2D eigenvalue weighted by Gasteiger charge is 2.07. The van der Waals surface area contributed by atoms with Crippen LogP contribution in [0.2, 0.25) is 0 Å². The smallest absolute Gasteiger partial charge is 0.200 e. The van der Waals surface area contributed by atoms with Crippen molar-refractivity contribution in [3.8, 4) is 0 Å². The molecular weight excluding hydrogens is 246 g/mol. The number of rotatable bonds is 0. The van der Waals surface area contributed by atoms with Gasteiger partial charge in [-0.3, -0.25) is 0 Å². The van der Waals surface area contributed by atoms with Crippen molar-refractivity contribution in [1.29, 1.82) is 0 Å². The predicted molar refractivity (Wildman–Crippen MR) is 73.9 cm³/mol. The molecule has 6 heteroatoms. The number of aromatic nitrogens is 4. The number of H-pyrrole nitrogens is 1. The molecule has 5 nitrogen and oxygen atoms in total. The maximum absolute atomic E-state index is 5.85. The number of nitrogens with zero attached hydrogens (tertiary/aromatic N) is 3. The summed E-state index contributed by atoms with van der Waals surface area (Å²) in [5.41, 5.74) is 10.8. The van der Waals surface area contributed by atoms with E-state index in [0.717, 1.165) is 11.0 Å². The first-order valence-corrected chi connectivity index (χ1v) is 5.90. The van der Waals surface area contributed by atoms with E-state index >= 15 is 0 Å². The van der Waals surface area contributed by atoms with Crippen molar-refractivity contribution in [2.24, 2.45) is 0 Å². The third-order valence-electron chi connectivity index (χ3n) is 2.97. The lowest BCUT2D eigenvalue weighted by Gasteiger charge is -2.05. The number of nitrogen functional groups attached to an aromatic ring is 1. The van der Waals surface area contributed by atoms with Crippen LogP contribution in [-0.2, 0) is 0 Å². The Kier molecular flexibility index (Phi) is 2.27. The van der Waals surface area contributed by atoms with Crippen molar-refractivity contribution < 1.29 is 0 Å². The fourth-order valence-electron chi connectivity index (χ4n) is 1.86. The number of hydrogen-bond acceptors (Lipinski definition) is 5. The fourth-order valence-corrected chi connectivity index (χ4v) is 2.06. The average Bonchev–Trinajstić information content (AvgIpc) is 2.29. The summed E-state index contributed by atoms with van der Waals surface area (Å²) in [7, 11) is 0. The van der Waals surface area contributed by atoms with Gasteiger partial charge in [-0.15, -0.1) is 0 Å². The number of aryl methyl sites for hydroxylation is 2. The third-order valence-corrected chi connectivity index (χ3v) is 3.16. The molecule has 0 saturated heterocycles. The number of nitrogens with two attached hydrogens (primary N) is 1. The Morgan fingerprint density at radius 1 is 1.06 bits per heavy atom. The Bertz CT molecular complexity index is 837. The standard InChI is InChI=1S/C12H11N5S/c1-5-3-7-8(4-6(5)2)15-11-9(14-7)10(13)16-12(18)17-11/h3-4H,1-2H3,(H3,13,15,16,17,18). The summed E-state index contributed by atoms with van der Waals surface area (Å²) in [6, 6.07) is 3.99. The first-order chi connectivity index (χ1) is 8.54. The van der Waals surface area contributed by atoms with Gasteiger partial charge in [0.05, 0.1) is 11.0 Å². The molecule has 0 saturated carbocycles. The van der Waals surface area contributed by atoms with Crippen LogP contribution in [-0.4, -0.2) is 19.9 Å². The van der Waals surface area contributed by atoms with Crippen molar-refractivity contribution in [3.05, 3.63) is 28.0 Å². The summed E-state index contributed by atoms with van der Waals surface area (Å²) < 4.78 is 0.317. The number of nitrogens with one attached hydrogen (secondary N) is 1. The molecule has 3 N–H and O–H groups in total. The van der Waals surface area contributed by atoms with Crippen molar-refractivity contribution >= 4 is 40.2 Å². The Hall–Kier alpha value is -2.08. The molecule has 0 radical (unpaired) electrons. The van der Waals surface area contributed by atoms with Crippen molar-refractivity contribution in [2.75, 3.05) is 5.73 Å². The number of anilines is 1. The highest BCUT2D eigenvalue weighted by Crippen LogP contribution is 2.20. The monoisotopic (exact) mass is 257 g/mol. The van der Waals surface area contributed by atoms with Crippen LogP contribution >= 0.6 is 12.2 Å². The van der Waals surface area contributed by atoms with E-state index in [1.807, 2.05) is 26.0 Å². The molecule has 3 aromatic rings. The normalized spacial score (nSPS) is 11.2. The van der Waals surface area contributed by atoms with Gasteiger partial charge in [-0.1, -0.05) is 0 Å². The quantitative estimate of drug-likeness (QED) is 0.477. The number of aromatic amines is 1. The van der Waals surface area contributed by atoms with Gasteiger partial charge in [0.1, 0.15) is 11.3 Å². The van der Waals surface area contributed by atoms with Crippen molar-refractivity contribution in [1.82, 2.24) is 19.9 Å². The first kappa shape index (κ1) is 11.0. The van der Waals surface area contributed by atoms with Gasteiger partial charge in [-0.25, -0.2) is 9.97 Å². The average molecular weight is 257 g/mol. The second-order valence-corrected chi connectivity index (χ2v) is 4.66. The molecule has 1 aromatic carbocycles. The highest BCUT2D eigenvalue weighted by atomic mass is 32.1. The summed E-state index contributed by atoms with van der Waals surface area (Å²) in [5, 5.41) is 0. The van der Waals surface area contributed by atoms with E-state index in [1.54, 1.807) is 0 Å². The molecule has 0 bridgehead atoms. The Morgan fingerprint density at radius 3 is 2.33 bits per heavy atom. The minimum Gasteiger partial charge on any atom is -0.383 e. The lowest BCUT2D eigenvalue weighted by atomic mass is 10.1. The highest BCUT2D eigenvalue weighted by molar-refractivity contribution is 7.71. The molecule has 2 aromatic heterocycles. The second-order valence-electron chi connectivity index (χ2n) is 4.28. The van der Waals surface area contributed by atoms with Crippen LogP contribution in [0.25, 0.3) is 22.2 Å². The Labute approximate surface area is 108 Å². The number of benzene rings is 1. The number of fused-ring (bicyclic) bond motifs is 2. The fraction of sp³-hybridized carbons (Fsp3) is 0.167. The molecule has 2 heterocycles. The molecule has 0 aliphatic rings. The molecule has 90 valence electrons. The van der Waals surface area contributed by atoms with Crippen LogP contribution in [0.5, 0.6) is 0 Å². The van der Waals surface area contributed by atoms with Gasteiger partial charge < -0.3 is 10.7 Å². The zero-order valence-electron chi connectivity index (χ0n) is 9.98. The third kappa shape index (κ3) is 1.62. The van der Waals surface area contributed by atoms with Crippen molar-refractivity contribution in [3.63, 3.8) is 0 Å². The van der Waals surface area contributed by atoms with E-state index in [0.29, 0.717) is 21.8 Å². The first-order valence-electron chi connectivity index (χ1n) is 5.49. The van der Waals surface area contributed by atoms with Crippen LogP contribution in [0.3, 0.4) is 0 Å². The van der Waals surface area contributed by atoms with Crippen molar-refractivity contribution in [2.45, 2.75) is 13.8 Å². The SMILES string of the molecule is Cc1cc2nc3nc(=S)[nH]c(N)c3nc2cc1C. The van der Waals surface area contributed by atoms with Gasteiger partial charge in [0.15, 0.2) is 5.65 Å². The van der Waals surface area contributed by atoms with E-state index in [2.05, 4.69) is 19.9 Å². The molecule has 0 spiro atoms. The van der Waals surface area contributed by atoms with Gasteiger partial charge in [0, 0.05) is 0 Å². The Morgan fingerprint density at radius 2 is 1.67 bits per heavy atom. The molecule has 0 atom stereocenters. The minimum atomic E-state index is 0.317. The number of hydrogen-bond donors (Lipinski definition) is 2. The van der Waals surface area contributed by atoms with Gasteiger partial charge >= 0.3 is 0 Å². The second kappa shape index (κ2) is 3.71. The zero-order valence-corrected chi connectivity index (χ0v) is 10.8. The molecule has 0 fully saturated rings. The maximum Gasteiger partial charge on any atom is 0.200 e. The topological polar surface area (TPSA) is 80.5 Å². The van der Waals surface area contributed by atoms with E-state index in [4.69, 9.17) is 18.0 Å². The zero-order chi connectivity index (χ0) is 12.9. The van der Waals surface area contributed by atoms with Crippen LogP contribution in [0.1, 0.15) is 11.1 Å². The lowest BCUT2D eigenvalue weighted by molar-refractivity contribution is 1.15. The Balaban J connectivity index is 2.51. The summed E-state index contributed by atoms with van der Waals surface area (Å²) in [6.07, 6.45) is 0. The largest absolute Gasteiger partial charge is 0.383 e. The van der Waals surface area contributed by atoms with Crippen LogP contribution in [0.4, 0.5) is 5.82 Å². The van der Waals surface area contributed by atoms with Gasteiger partial charge in [-0.2, -0.15) is 4.98 Å². The van der Waals surface area contributed by atoms with Gasteiger partial charge in [0.2, 0.25) is 4.77 Å². The van der Waals surface area contributed by atoms with Gasteiger partial charge in [-0.05, 0) is 49.3 Å². The van der Waals surface area contributed by atoms with E-state index in [-0.39, 0.29) is 0 Å². The molecule has 0 unspecified atom stereocenters. The van der Waals surface area contributed by atoms with Crippen LogP contribution in [0.15, 0.2) is 12.1 Å². The summed E-state index contributed by atoms with van der Waals surface area (Å²) >= 11 is 4.98. The minimum absolute atomic E-state index is 0.317.